The van der Waals surface area contributed by atoms with Gasteiger partial charge in [0.1, 0.15) is 5.76 Å². The molecule has 10 heavy (non-hydrogen) atoms. The van der Waals surface area contributed by atoms with E-state index in [0.717, 1.165) is 0 Å². The third-order valence-electron chi connectivity index (χ3n) is 0.775. The van der Waals surface area contributed by atoms with Crippen molar-refractivity contribution in [1.29, 1.82) is 0 Å². The van der Waals surface area contributed by atoms with Crippen LogP contribution in [-0.2, 0) is 4.74 Å². The lowest BCUT2D eigenvalue weighted by Gasteiger charge is -1.92. The van der Waals surface area contributed by atoms with E-state index in [1.165, 1.54) is 0 Å². The van der Waals surface area contributed by atoms with Crippen LogP contribution in [-0.4, -0.2) is 18.9 Å². The molecule has 56 valence electrons. The van der Waals surface area contributed by atoms with Crippen LogP contribution in [0, 0.1) is 0 Å². The second-order valence-electron chi connectivity index (χ2n) is 1.48. The van der Waals surface area contributed by atoms with Crippen LogP contribution in [0.1, 0.15) is 0 Å². The Hall–Kier alpha value is -0.700. The maximum atomic E-state index is 4.77. The van der Waals surface area contributed by atoms with Crippen LogP contribution in [0.3, 0.4) is 0 Å². The van der Waals surface area contributed by atoms with Gasteiger partial charge in [-0.1, -0.05) is 6.58 Å². The smallest absolute Gasteiger partial charge is 0.113 e. The van der Waals surface area contributed by atoms with E-state index < -0.39 is 0 Å². The van der Waals surface area contributed by atoms with Crippen molar-refractivity contribution in [3.63, 3.8) is 0 Å². The van der Waals surface area contributed by atoms with Gasteiger partial charge < -0.3 is 4.74 Å². The van der Waals surface area contributed by atoms with E-state index in [2.05, 4.69) is 11.6 Å². The van der Waals surface area contributed by atoms with Crippen LogP contribution < -0.4 is 0 Å². The molecule has 0 aromatic carbocycles. The first-order chi connectivity index (χ1) is 4.81. The fourth-order valence-electron chi connectivity index (χ4n) is 0.290. The van der Waals surface area contributed by atoms with Gasteiger partial charge in [0.25, 0.3) is 0 Å². The van der Waals surface area contributed by atoms with Crippen LogP contribution in [0.4, 0.5) is 0 Å². The highest BCUT2D eigenvalue weighted by atomic mass is 32.2. The summed E-state index contributed by atoms with van der Waals surface area (Å²) in [5.41, 5.74) is 1.74. The number of allylic oxidation sites excluding steroid dienone is 1. The molecule has 0 aliphatic rings. The van der Waals surface area contributed by atoms with Gasteiger partial charge in [-0.25, -0.2) is 0 Å². The summed E-state index contributed by atoms with van der Waals surface area (Å²) in [6.45, 7) is 3.58. The molecule has 0 aromatic rings. The molecule has 0 atom stereocenters. The zero-order valence-corrected chi connectivity index (χ0v) is 7.02. The van der Waals surface area contributed by atoms with Gasteiger partial charge >= 0.3 is 0 Å². The summed E-state index contributed by atoms with van der Waals surface area (Å²) in [7, 11) is 1.57. The molecule has 0 radical (unpaired) electrons. The summed E-state index contributed by atoms with van der Waals surface area (Å²) in [4.78, 5) is 3.89. The first kappa shape index (κ1) is 9.30. The van der Waals surface area contributed by atoms with Crippen molar-refractivity contribution in [3.05, 3.63) is 24.6 Å². The molecular weight excluding hydrogens is 146 g/mol. The molecule has 2 nitrogen and oxygen atoms in total. The number of ether oxygens (including phenoxy) is 1. The summed E-state index contributed by atoms with van der Waals surface area (Å²) in [5.74, 6) is 0.609. The predicted molar refractivity (Wildman–Crippen MR) is 47.3 cm³/mol. The van der Waals surface area contributed by atoms with Gasteiger partial charge in [-0.3, -0.25) is 4.99 Å². The Balaban J connectivity index is 3.55. The lowest BCUT2D eigenvalue weighted by atomic mass is 10.5. The Bertz CT molecular complexity index is 152. The molecule has 0 heterocycles. The number of thioether (sulfide) groups is 1. The highest BCUT2D eigenvalue weighted by Gasteiger charge is 1.77. The Morgan fingerprint density at radius 1 is 1.70 bits per heavy atom. The molecule has 0 saturated carbocycles. The van der Waals surface area contributed by atoms with E-state index >= 15 is 0 Å². The molecule has 0 bridgehead atoms. The lowest BCUT2D eigenvalue weighted by molar-refractivity contribution is 0.308. The van der Waals surface area contributed by atoms with Crippen molar-refractivity contribution in [1.82, 2.24) is 0 Å². The van der Waals surface area contributed by atoms with E-state index in [4.69, 9.17) is 4.74 Å². The first-order valence-electron chi connectivity index (χ1n) is 2.75. The number of rotatable bonds is 4. The van der Waals surface area contributed by atoms with Gasteiger partial charge in [0.15, 0.2) is 0 Å². The topological polar surface area (TPSA) is 21.6 Å². The van der Waals surface area contributed by atoms with Crippen LogP contribution in [0.2, 0.25) is 0 Å². The predicted octanol–water partition coefficient (Wildman–Crippen LogP) is 2.05. The van der Waals surface area contributed by atoms with Gasteiger partial charge in [-0.05, 0) is 12.3 Å². The lowest BCUT2D eigenvalue weighted by Crippen LogP contribution is -1.75. The molecule has 0 unspecified atom stereocenters. The standard InChI is InChI=1S/C7H11NOS/c1-7(9-2)4-5-8-6-10-3/h4-6H,1H2,2-3H3/b5-4+,8-6?. The molecular formula is C7H11NOS. The highest BCUT2D eigenvalue weighted by molar-refractivity contribution is 8.11. The van der Waals surface area contributed by atoms with Crippen molar-refractivity contribution in [2.24, 2.45) is 4.99 Å². The van der Waals surface area contributed by atoms with Gasteiger partial charge in [-0.15, -0.1) is 11.8 Å². The molecule has 0 aromatic heterocycles. The van der Waals surface area contributed by atoms with Gasteiger partial charge in [0, 0.05) is 6.20 Å². The van der Waals surface area contributed by atoms with Crippen LogP contribution in [0.15, 0.2) is 29.6 Å². The van der Waals surface area contributed by atoms with Crippen molar-refractivity contribution >= 4 is 17.3 Å². The van der Waals surface area contributed by atoms with Gasteiger partial charge in [-0.2, -0.15) is 0 Å². The van der Waals surface area contributed by atoms with Crippen molar-refractivity contribution < 1.29 is 4.74 Å². The number of methoxy groups -OCH3 is 1. The number of aliphatic imine (C=N–C) groups is 1. The number of hydrogen-bond acceptors (Lipinski definition) is 3. The van der Waals surface area contributed by atoms with Crippen LogP contribution in [0.25, 0.3) is 0 Å². The maximum Gasteiger partial charge on any atom is 0.113 e. The summed E-state index contributed by atoms with van der Waals surface area (Å²) in [6, 6.07) is 0. The fourth-order valence-corrected chi connectivity index (χ4v) is 0.482. The monoisotopic (exact) mass is 157 g/mol. The highest BCUT2D eigenvalue weighted by Crippen LogP contribution is 1.92. The SMILES string of the molecule is C=C(/C=C/N=CSC)OC. The summed E-state index contributed by atoms with van der Waals surface area (Å²) in [5, 5.41) is 0. The van der Waals surface area contributed by atoms with Crippen LogP contribution >= 0.6 is 11.8 Å². The second kappa shape index (κ2) is 6.42. The summed E-state index contributed by atoms with van der Waals surface area (Å²) in [6.07, 6.45) is 5.29. The molecule has 0 fully saturated rings. The minimum atomic E-state index is 0.609. The Kier molecular flexibility index (Phi) is 5.97. The van der Waals surface area contributed by atoms with E-state index in [9.17, 15) is 0 Å². The quantitative estimate of drug-likeness (QED) is 0.269. The maximum absolute atomic E-state index is 4.77. The van der Waals surface area contributed by atoms with E-state index in [-0.39, 0.29) is 0 Å². The van der Waals surface area contributed by atoms with Crippen molar-refractivity contribution in [2.45, 2.75) is 0 Å². The number of nitrogens with zero attached hydrogens (tertiary/aromatic N) is 1. The molecule has 0 amide bonds. The minimum absolute atomic E-state index is 0.609. The zero-order chi connectivity index (χ0) is 7.82. The van der Waals surface area contributed by atoms with E-state index in [1.54, 1.807) is 36.7 Å². The fraction of sp³-hybridized carbons (Fsp3) is 0.286. The first-order valence-corrected chi connectivity index (χ1v) is 4.04. The summed E-state index contributed by atoms with van der Waals surface area (Å²) < 4.78 is 4.77. The molecule has 0 aliphatic carbocycles. The third kappa shape index (κ3) is 5.44. The van der Waals surface area contributed by atoms with E-state index in [1.807, 2.05) is 6.26 Å². The molecule has 0 spiro atoms. The Labute approximate surface area is 65.7 Å². The van der Waals surface area contributed by atoms with Gasteiger partial charge in [0.2, 0.25) is 0 Å². The average molecular weight is 157 g/mol. The number of hydrogen-bond donors (Lipinski definition) is 0. The molecule has 0 rings (SSSR count). The Morgan fingerprint density at radius 2 is 2.40 bits per heavy atom. The van der Waals surface area contributed by atoms with Crippen molar-refractivity contribution in [2.75, 3.05) is 13.4 Å². The molecule has 0 saturated heterocycles. The van der Waals surface area contributed by atoms with Crippen LogP contribution in [0.5, 0.6) is 0 Å². The summed E-state index contributed by atoms with van der Waals surface area (Å²) >= 11 is 1.55. The van der Waals surface area contributed by atoms with E-state index in [0.29, 0.717) is 5.76 Å². The third-order valence-corrected chi connectivity index (χ3v) is 1.11. The Morgan fingerprint density at radius 3 is 2.90 bits per heavy atom. The minimum Gasteiger partial charge on any atom is -0.497 e. The largest absolute Gasteiger partial charge is 0.497 e. The van der Waals surface area contributed by atoms with Crippen molar-refractivity contribution in [3.8, 4) is 0 Å². The zero-order valence-electron chi connectivity index (χ0n) is 6.20. The molecule has 0 aliphatic heterocycles. The second-order valence-corrected chi connectivity index (χ2v) is 2.16. The molecule has 3 heteroatoms. The average Bonchev–Trinajstić information content (AvgIpc) is 1.98. The van der Waals surface area contributed by atoms with Gasteiger partial charge in [0.05, 0.1) is 12.7 Å². The molecule has 0 N–H and O–H groups in total. The normalized spacial score (nSPS) is 11.0.